The van der Waals surface area contributed by atoms with E-state index < -0.39 is 29.7 Å². The van der Waals surface area contributed by atoms with Crippen LogP contribution in [0.2, 0.25) is 0 Å². The number of aromatic nitrogens is 2. The fourth-order valence-corrected chi connectivity index (χ4v) is 6.47. The summed E-state index contributed by atoms with van der Waals surface area (Å²) >= 11 is 0. The summed E-state index contributed by atoms with van der Waals surface area (Å²) in [6.07, 6.45) is 4.95. The molecule has 0 radical (unpaired) electrons. The van der Waals surface area contributed by atoms with Gasteiger partial charge in [-0.3, -0.25) is 9.59 Å². The smallest absolute Gasteiger partial charge is 0.408 e. The van der Waals surface area contributed by atoms with E-state index in [0.29, 0.717) is 35.9 Å². The Hall–Kier alpha value is -3.43. The van der Waals surface area contributed by atoms with E-state index >= 15 is 0 Å². The molecule has 2 aliphatic heterocycles. The molecule has 10 nitrogen and oxygen atoms in total. The summed E-state index contributed by atoms with van der Waals surface area (Å²) in [6.45, 7) is 9.42. The van der Waals surface area contributed by atoms with Gasteiger partial charge in [0.2, 0.25) is 11.8 Å². The van der Waals surface area contributed by atoms with Crippen LogP contribution in [0.3, 0.4) is 0 Å². The second-order valence-corrected chi connectivity index (χ2v) is 13.1. The van der Waals surface area contributed by atoms with Gasteiger partial charge in [0.15, 0.2) is 5.78 Å². The van der Waals surface area contributed by atoms with Gasteiger partial charge < -0.3 is 24.4 Å². The lowest BCUT2D eigenvalue weighted by Gasteiger charge is -2.35. The molecule has 2 aromatic rings. The Morgan fingerprint density at radius 3 is 2.57 bits per heavy atom. The van der Waals surface area contributed by atoms with Gasteiger partial charge in [0.05, 0.1) is 30.7 Å². The van der Waals surface area contributed by atoms with E-state index in [9.17, 15) is 14.4 Å². The molecule has 2 bridgehead atoms. The van der Waals surface area contributed by atoms with Crippen LogP contribution in [-0.4, -0.2) is 70.6 Å². The highest BCUT2D eigenvalue weighted by molar-refractivity contribution is 5.92. The number of Topliss-reactive ketones (excluding diaryl/α,β-unsaturated/α-hetero) is 1. The van der Waals surface area contributed by atoms with Crippen molar-refractivity contribution in [2.45, 2.75) is 104 Å². The summed E-state index contributed by atoms with van der Waals surface area (Å²) in [6, 6.07) is 4.05. The number of hydrogen-bond donors (Lipinski definition) is 1. The number of hydrogen-bond acceptors (Lipinski definition) is 8. The molecule has 5 rings (SSSR count). The average Bonchev–Trinajstić information content (AvgIpc) is 3.56. The summed E-state index contributed by atoms with van der Waals surface area (Å²) in [7, 11) is 1.61. The molecule has 1 N–H and O–H groups in total. The number of carbonyl (C=O) groups excluding carboxylic acids is 3. The Morgan fingerprint density at radius 2 is 1.88 bits per heavy atom. The number of alkyl carbamates (subject to hydrolysis) is 1. The van der Waals surface area contributed by atoms with Crippen molar-refractivity contribution < 1.29 is 28.6 Å². The van der Waals surface area contributed by atoms with Crippen molar-refractivity contribution in [3.8, 4) is 11.6 Å². The molecule has 1 aliphatic carbocycles. The third kappa shape index (κ3) is 6.32. The molecule has 1 saturated carbocycles. The number of amides is 2. The van der Waals surface area contributed by atoms with Crippen molar-refractivity contribution in [3.05, 3.63) is 23.9 Å². The Morgan fingerprint density at radius 1 is 1.10 bits per heavy atom. The minimum Gasteiger partial charge on any atom is -0.497 e. The van der Waals surface area contributed by atoms with E-state index in [0.717, 1.165) is 43.3 Å². The number of rotatable bonds is 3. The summed E-state index contributed by atoms with van der Waals surface area (Å²) < 4.78 is 17.8. The lowest BCUT2D eigenvalue weighted by atomic mass is 9.85. The molecule has 0 spiro atoms. The van der Waals surface area contributed by atoms with Gasteiger partial charge >= 0.3 is 6.09 Å². The maximum absolute atomic E-state index is 14.2. The van der Waals surface area contributed by atoms with E-state index in [4.69, 9.17) is 24.2 Å². The molecule has 3 aliphatic rings. The van der Waals surface area contributed by atoms with Crippen LogP contribution in [0.25, 0.3) is 11.0 Å². The highest BCUT2D eigenvalue weighted by Crippen LogP contribution is 2.39. The van der Waals surface area contributed by atoms with Crippen LogP contribution in [0.15, 0.2) is 18.2 Å². The second-order valence-electron chi connectivity index (χ2n) is 13.1. The van der Waals surface area contributed by atoms with Gasteiger partial charge in [-0.05, 0) is 62.5 Å². The molecule has 2 fully saturated rings. The quantitative estimate of drug-likeness (QED) is 0.547. The number of ketones is 1. The molecule has 1 aromatic carbocycles. The molecule has 6 atom stereocenters. The van der Waals surface area contributed by atoms with Gasteiger partial charge in [-0.2, -0.15) is 0 Å². The zero-order chi connectivity index (χ0) is 30.2. The van der Waals surface area contributed by atoms with Crippen molar-refractivity contribution in [1.29, 1.82) is 0 Å². The van der Waals surface area contributed by atoms with Crippen molar-refractivity contribution in [2.75, 3.05) is 13.7 Å². The van der Waals surface area contributed by atoms with E-state index in [1.807, 2.05) is 45.9 Å². The van der Waals surface area contributed by atoms with E-state index in [2.05, 4.69) is 5.32 Å². The predicted octanol–water partition coefficient (Wildman–Crippen LogP) is 4.86. The number of ether oxygens (including phenoxy) is 3. The number of carbonyl (C=O) groups is 3. The maximum Gasteiger partial charge on any atom is 0.408 e. The van der Waals surface area contributed by atoms with Gasteiger partial charge in [-0.15, -0.1) is 0 Å². The average molecular weight is 581 g/mol. The van der Waals surface area contributed by atoms with Crippen LogP contribution in [0, 0.1) is 17.3 Å². The van der Waals surface area contributed by atoms with E-state index in [1.54, 1.807) is 12.0 Å². The van der Waals surface area contributed by atoms with Gasteiger partial charge in [0.1, 0.15) is 29.7 Å². The van der Waals surface area contributed by atoms with Crippen LogP contribution in [0.5, 0.6) is 11.6 Å². The lowest BCUT2D eigenvalue weighted by Crippen LogP contribution is -2.57. The maximum atomic E-state index is 14.2. The van der Waals surface area contributed by atoms with E-state index in [1.165, 1.54) is 6.92 Å². The Kier molecular flexibility index (Phi) is 8.62. The normalized spacial score (nSPS) is 28.9. The fraction of sp³-hybridized carbons (Fsp3) is 0.656. The highest BCUT2D eigenvalue weighted by Gasteiger charge is 2.50. The minimum absolute atomic E-state index is 0.113. The first-order valence-corrected chi connectivity index (χ1v) is 15.3. The van der Waals surface area contributed by atoms with E-state index in [-0.39, 0.29) is 30.3 Å². The standard InChI is InChI=1S/C32H44N4O6/c1-7-21-26-17-36(27(21)18(2)37)30(38)28(32(3,4)5)35-31(39)42-25-15-19(25)11-9-8-10-12-23-29(41-26)34-24-16-20(40-6)13-14-22(24)33-23/h13-14,16,19,21,25-28H,7-12,15,17H2,1-6H3,(H,35,39)/t19-,21-,25-,26+,27-,28-/m1/s1. The Bertz CT molecular complexity index is 1340. The molecule has 10 heteroatoms. The number of aryl methyl sites for hydroxylation is 1. The molecule has 0 unspecified atom stereocenters. The summed E-state index contributed by atoms with van der Waals surface area (Å²) in [5, 5.41) is 2.85. The number of nitrogens with one attached hydrogen (secondary N) is 1. The Labute approximate surface area is 247 Å². The first kappa shape index (κ1) is 30.0. The van der Waals surface area contributed by atoms with Gasteiger partial charge in [0.25, 0.3) is 0 Å². The zero-order valence-electron chi connectivity index (χ0n) is 25.6. The van der Waals surface area contributed by atoms with Crippen molar-refractivity contribution >= 4 is 28.8 Å². The van der Waals surface area contributed by atoms with Crippen molar-refractivity contribution in [3.63, 3.8) is 0 Å². The number of nitrogens with zero attached hydrogens (tertiary/aromatic N) is 3. The Balaban J connectivity index is 1.53. The predicted molar refractivity (Wildman–Crippen MR) is 157 cm³/mol. The molecular weight excluding hydrogens is 536 g/mol. The van der Waals surface area contributed by atoms with Crippen molar-refractivity contribution in [2.24, 2.45) is 17.3 Å². The zero-order valence-corrected chi connectivity index (χ0v) is 25.6. The van der Waals surface area contributed by atoms with Crippen LogP contribution in [-0.2, 0) is 20.7 Å². The molecule has 1 aromatic heterocycles. The first-order chi connectivity index (χ1) is 20.0. The molecular formula is C32H44N4O6. The number of fused-ring (bicyclic) bond motifs is 5. The summed E-state index contributed by atoms with van der Waals surface area (Å²) in [4.78, 5) is 51.6. The van der Waals surface area contributed by atoms with Gasteiger partial charge in [0, 0.05) is 12.0 Å². The monoisotopic (exact) mass is 580 g/mol. The largest absolute Gasteiger partial charge is 0.497 e. The number of methoxy groups -OCH3 is 1. The van der Waals surface area contributed by atoms with Gasteiger partial charge in [-0.1, -0.05) is 40.5 Å². The lowest BCUT2D eigenvalue weighted by molar-refractivity contribution is -0.141. The highest BCUT2D eigenvalue weighted by atomic mass is 16.6. The summed E-state index contributed by atoms with van der Waals surface area (Å²) in [5.41, 5.74) is 1.59. The number of benzene rings is 1. The second kappa shape index (κ2) is 12.1. The molecule has 228 valence electrons. The van der Waals surface area contributed by atoms with Crippen molar-refractivity contribution in [1.82, 2.24) is 20.2 Å². The molecule has 2 amide bonds. The van der Waals surface area contributed by atoms with Crippen LogP contribution < -0.4 is 14.8 Å². The summed E-state index contributed by atoms with van der Waals surface area (Å²) in [5.74, 6) is 0.789. The fourth-order valence-electron chi connectivity index (χ4n) is 6.47. The van der Waals surface area contributed by atoms with Crippen LogP contribution >= 0.6 is 0 Å². The molecule has 1 saturated heterocycles. The van der Waals surface area contributed by atoms with Crippen LogP contribution in [0.4, 0.5) is 4.79 Å². The SMILES string of the molecule is CC[C@@H]1[C@@H]2CN(C(=O)[C@H](C(C)(C)C)NC(=O)O[C@@H]3C[C@H]3CCCCCc3nc4ccc(OC)cc4nc3O2)[C@@H]1C(C)=O. The third-order valence-electron chi connectivity index (χ3n) is 8.92. The van der Waals surface area contributed by atoms with Crippen LogP contribution in [0.1, 0.15) is 78.8 Å². The van der Waals surface area contributed by atoms with Gasteiger partial charge in [-0.25, -0.2) is 14.8 Å². The third-order valence-corrected chi connectivity index (χ3v) is 8.92. The molecule has 3 heterocycles. The first-order valence-electron chi connectivity index (χ1n) is 15.3. The minimum atomic E-state index is -0.873. The molecule has 42 heavy (non-hydrogen) atoms. The topological polar surface area (TPSA) is 120 Å².